The predicted molar refractivity (Wildman–Crippen MR) is 85.6 cm³/mol. The van der Waals surface area contributed by atoms with Crippen LogP contribution in [-0.4, -0.2) is 19.9 Å². The highest BCUT2D eigenvalue weighted by Crippen LogP contribution is 2.27. The Labute approximate surface area is 134 Å². The number of aromatic nitrogens is 1. The lowest BCUT2D eigenvalue weighted by Crippen LogP contribution is -2.30. The van der Waals surface area contributed by atoms with Gasteiger partial charge >= 0.3 is 0 Å². The van der Waals surface area contributed by atoms with E-state index in [1.807, 2.05) is 19.1 Å². The average Bonchev–Trinajstić information content (AvgIpc) is 2.44. The molecule has 0 unspecified atom stereocenters. The Hall–Kier alpha value is -1.30. The fourth-order valence-electron chi connectivity index (χ4n) is 1.87. The van der Waals surface area contributed by atoms with E-state index in [1.165, 1.54) is 16.6 Å². The molecule has 1 aromatic carbocycles. The standard InChI is InChI=1S/C14H14Cl2N2O2S/c1-3-18(11-6-4-10(2)5-7-11)21(19,20)12-8-13(15)14(16)17-9-12/h4-9H,3H2,1-2H3. The largest absolute Gasteiger partial charge is 0.267 e. The van der Waals surface area contributed by atoms with Crippen LogP contribution in [0.1, 0.15) is 12.5 Å². The van der Waals surface area contributed by atoms with E-state index in [0.717, 1.165) is 5.56 Å². The van der Waals surface area contributed by atoms with Crippen LogP contribution in [0.5, 0.6) is 0 Å². The Morgan fingerprint density at radius 1 is 1.19 bits per heavy atom. The molecule has 0 radical (unpaired) electrons. The molecule has 7 heteroatoms. The molecule has 0 aliphatic rings. The van der Waals surface area contributed by atoms with Crippen molar-refractivity contribution in [3.63, 3.8) is 0 Å². The lowest BCUT2D eigenvalue weighted by molar-refractivity contribution is 0.591. The van der Waals surface area contributed by atoms with Gasteiger partial charge in [-0.25, -0.2) is 13.4 Å². The zero-order valence-electron chi connectivity index (χ0n) is 11.5. The molecule has 2 aromatic rings. The maximum atomic E-state index is 12.7. The number of rotatable bonds is 4. The van der Waals surface area contributed by atoms with Gasteiger partial charge in [-0.2, -0.15) is 0 Å². The van der Waals surface area contributed by atoms with Crippen molar-refractivity contribution in [2.75, 3.05) is 10.8 Å². The van der Waals surface area contributed by atoms with E-state index in [0.29, 0.717) is 12.2 Å². The fraction of sp³-hybridized carbons (Fsp3) is 0.214. The summed E-state index contributed by atoms with van der Waals surface area (Å²) in [5.74, 6) is 0. The van der Waals surface area contributed by atoms with Gasteiger partial charge in [0.15, 0.2) is 0 Å². The van der Waals surface area contributed by atoms with E-state index < -0.39 is 10.0 Å². The van der Waals surface area contributed by atoms with Crippen LogP contribution in [0, 0.1) is 6.92 Å². The number of anilines is 1. The first-order valence-corrected chi connectivity index (χ1v) is 8.46. The third-order valence-corrected chi connectivity index (χ3v) is 5.52. The summed E-state index contributed by atoms with van der Waals surface area (Å²) in [5, 5.41) is 0.187. The summed E-state index contributed by atoms with van der Waals surface area (Å²) >= 11 is 11.6. The van der Waals surface area contributed by atoms with E-state index in [2.05, 4.69) is 4.98 Å². The topological polar surface area (TPSA) is 50.3 Å². The normalized spacial score (nSPS) is 11.4. The Bertz CT molecular complexity index is 746. The van der Waals surface area contributed by atoms with Gasteiger partial charge in [-0.1, -0.05) is 40.9 Å². The van der Waals surface area contributed by atoms with E-state index in [4.69, 9.17) is 23.2 Å². The van der Waals surface area contributed by atoms with Crippen molar-refractivity contribution in [1.29, 1.82) is 0 Å². The van der Waals surface area contributed by atoms with Crippen LogP contribution in [0.4, 0.5) is 5.69 Å². The van der Waals surface area contributed by atoms with Crippen molar-refractivity contribution in [2.24, 2.45) is 0 Å². The molecule has 4 nitrogen and oxygen atoms in total. The molecule has 2 rings (SSSR count). The summed E-state index contributed by atoms with van der Waals surface area (Å²) < 4.78 is 26.7. The number of pyridine rings is 1. The van der Waals surface area contributed by atoms with Crippen molar-refractivity contribution in [2.45, 2.75) is 18.7 Å². The van der Waals surface area contributed by atoms with Crippen LogP contribution in [0.25, 0.3) is 0 Å². The third kappa shape index (κ3) is 3.31. The van der Waals surface area contributed by atoms with E-state index in [9.17, 15) is 8.42 Å². The predicted octanol–water partition coefficient (Wildman–Crippen LogP) is 3.91. The average molecular weight is 345 g/mol. The summed E-state index contributed by atoms with van der Waals surface area (Å²) in [7, 11) is -3.73. The molecule has 1 aromatic heterocycles. The second-order valence-electron chi connectivity index (χ2n) is 4.45. The van der Waals surface area contributed by atoms with Crippen LogP contribution in [0.2, 0.25) is 10.2 Å². The molecular formula is C14H14Cl2N2O2S. The van der Waals surface area contributed by atoms with Gasteiger partial charge in [0.1, 0.15) is 10.0 Å². The number of halogens is 2. The zero-order chi connectivity index (χ0) is 15.6. The maximum Gasteiger partial charge on any atom is 0.265 e. The summed E-state index contributed by atoms with van der Waals surface area (Å²) in [6.07, 6.45) is 1.21. The molecule has 0 spiro atoms. The first kappa shape index (κ1) is 16.1. The first-order chi connectivity index (χ1) is 9.86. The van der Waals surface area contributed by atoms with Gasteiger partial charge in [0.05, 0.1) is 10.7 Å². The Morgan fingerprint density at radius 2 is 1.81 bits per heavy atom. The van der Waals surface area contributed by atoms with Gasteiger partial charge in [-0.3, -0.25) is 4.31 Å². The zero-order valence-corrected chi connectivity index (χ0v) is 13.9. The minimum Gasteiger partial charge on any atom is -0.267 e. The second kappa shape index (κ2) is 6.22. The molecule has 0 saturated heterocycles. The lowest BCUT2D eigenvalue weighted by atomic mass is 10.2. The molecular weight excluding hydrogens is 331 g/mol. The van der Waals surface area contributed by atoms with Crippen molar-refractivity contribution >= 4 is 38.9 Å². The van der Waals surface area contributed by atoms with Gasteiger partial charge in [-0.05, 0) is 32.0 Å². The number of hydrogen-bond acceptors (Lipinski definition) is 3. The highest BCUT2D eigenvalue weighted by atomic mass is 35.5. The van der Waals surface area contributed by atoms with Crippen molar-refractivity contribution in [3.05, 3.63) is 52.3 Å². The van der Waals surface area contributed by atoms with Gasteiger partial charge < -0.3 is 0 Å². The first-order valence-electron chi connectivity index (χ1n) is 6.26. The van der Waals surface area contributed by atoms with E-state index >= 15 is 0 Å². The summed E-state index contributed by atoms with van der Waals surface area (Å²) in [4.78, 5) is 3.81. The van der Waals surface area contributed by atoms with Gasteiger partial charge in [0.2, 0.25) is 0 Å². The highest BCUT2D eigenvalue weighted by molar-refractivity contribution is 7.92. The van der Waals surface area contributed by atoms with E-state index in [-0.39, 0.29) is 15.1 Å². The van der Waals surface area contributed by atoms with Crippen molar-refractivity contribution in [3.8, 4) is 0 Å². The number of hydrogen-bond donors (Lipinski definition) is 0. The van der Waals surface area contributed by atoms with Gasteiger partial charge in [-0.15, -0.1) is 0 Å². The third-order valence-electron chi connectivity index (χ3n) is 2.97. The SMILES string of the molecule is CCN(c1ccc(C)cc1)S(=O)(=O)c1cnc(Cl)c(Cl)c1. The number of aryl methyl sites for hydroxylation is 1. The smallest absolute Gasteiger partial charge is 0.265 e. The Morgan fingerprint density at radius 3 is 2.33 bits per heavy atom. The fourth-order valence-corrected chi connectivity index (χ4v) is 3.66. The monoisotopic (exact) mass is 344 g/mol. The molecule has 0 N–H and O–H groups in total. The molecule has 0 atom stereocenters. The molecule has 0 amide bonds. The lowest BCUT2D eigenvalue weighted by Gasteiger charge is -2.23. The molecule has 0 saturated carbocycles. The molecule has 0 aliphatic carbocycles. The molecule has 1 heterocycles. The van der Waals surface area contributed by atoms with Crippen LogP contribution >= 0.6 is 23.2 Å². The molecule has 0 fully saturated rings. The minimum atomic E-state index is -3.73. The van der Waals surface area contributed by atoms with E-state index in [1.54, 1.807) is 19.1 Å². The molecule has 0 aliphatic heterocycles. The van der Waals surface area contributed by atoms with Crippen LogP contribution < -0.4 is 4.31 Å². The summed E-state index contributed by atoms with van der Waals surface area (Å²) in [6.45, 7) is 4.01. The minimum absolute atomic E-state index is 0.0133. The number of benzene rings is 1. The highest BCUT2D eigenvalue weighted by Gasteiger charge is 2.24. The van der Waals surface area contributed by atoms with Crippen LogP contribution in [0.3, 0.4) is 0 Å². The second-order valence-corrected chi connectivity index (χ2v) is 7.08. The maximum absolute atomic E-state index is 12.7. The van der Waals surface area contributed by atoms with Crippen LogP contribution in [-0.2, 0) is 10.0 Å². The summed E-state index contributed by atoms with van der Waals surface area (Å²) in [5.41, 5.74) is 1.65. The Kier molecular flexibility index (Phi) is 4.76. The summed E-state index contributed by atoms with van der Waals surface area (Å²) in [6, 6.07) is 8.56. The molecule has 112 valence electrons. The molecule has 0 bridgehead atoms. The van der Waals surface area contributed by atoms with Crippen molar-refractivity contribution in [1.82, 2.24) is 4.98 Å². The van der Waals surface area contributed by atoms with Crippen LogP contribution in [0.15, 0.2) is 41.4 Å². The van der Waals surface area contributed by atoms with Gasteiger partial charge in [0, 0.05) is 12.7 Å². The quantitative estimate of drug-likeness (QED) is 0.790. The van der Waals surface area contributed by atoms with Gasteiger partial charge in [0.25, 0.3) is 10.0 Å². The van der Waals surface area contributed by atoms with Crippen molar-refractivity contribution < 1.29 is 8.42 Å². The molecule has 21 heavy (non-hydrogen) atoms. The number of nitrogens with zero attached hydrogens (tertiary/aromatic N) is 2. The Balaban J connectivity index is 2.49. The number of sulfonamides is 1.